The fourth-order valence-electron chi connectivity index (χ4n) is 4.39. The Kier molecular flexibility index (Phi) is 9.97. The average molecular weight is 547 g/mol. The number of nitrogens with one attached hydrogen (secondary N) is 2. The van der Waals surface area contributed by atoms with Gasteiger partial charge in [-0.05, 0) is 63.2 Å². The van der Waals surface area contributed by atoms with E-state index in [9.17, 15) is 4.79 Å². The Morgan fingerprint density at radius 3 is 2.62 bits per heavy atom. The zero-order chi connectivity index (χ0) is 27.8. The Balaban J connectivity index is 0.000000379. The van der Waals surface area contributed by atoms with Gasteiger partial charge in [0.25, 0.3) is 5.91 Å². The van der Waals surface area contributed by atoms with Crippen molar-refractivity contribution in [2.24, 2.45) is 0 Å². The van der Waals surface area contributed by atoms with Gasteiger partial charge < -0.3 is 20.3 Å². The molecule has 1 fully saturated rings. The van der Waals surface area contributed by atoms with E-state index < -0.39 is 0 Å². The average Bonchev–Trinajstić information content (AvgIpc) is 3.36. The van der Waals surface area contributed by atoms with Crippen LogP contribution in [0.1, 0.15) is 36.2 Å². The smallest absolute Gasteiger partial charge is 0.251 e. The molecule has 0 bridgehead atoms. The van der Waals surface area contributed by atoms with Crippen LogP contribution >= 0.6 is 11.8 Å². The number of carbonyl (C=O) groups excluding carboxylic acids is 1. The van der Waals surface area contributed by atoms with Gasteiger partial charge in [-0.1, -0.05) is 43.0 Å². The number of ether oxygens (including phenoxy) is 1. The number of benzene rings is 2. The van der Waals surface area contributed by atoms with Gasteiger partial charge in [-0.15, -0.1) is 0 Å². The summed E-state index contributed by atoms with van der Waals surface area (Å²) < 4.78 is 7.17. The summed E-state index contributed by atoms with van der Waals surface area (Å²) >= 11 is 1.60. The molecule has 1 atom stereocenters. The number of amides is 1. The molecule has 1 aliphatic rings. The quantitative estimate of drug-likeness (QED) is 0.322. The second kappa shape index (κ2) is 13.6. The van der Waals surface area contributed by atoms with Crippen LogP contribution in [0.5, 0.6) is 0 Å². The first-order chi connectivity index (χ1) is 18.9. The number of likely N-dealkylation sites (N-methyl/N-ethyl adjacent to an activating group) is 1. The molecule has 1 saturated heterocycles. The molecule has 206 valence electrons. The first kappa shape index (κ1) is 28.6. The van der Waals surface area contributed by atoms with E-state index in [1.807, 2.05) is 74.1 Å². The first-order valence-electron chi connectivity index (χ1n) is 13.4. The fourth-order valence-corrected chi connectivity index (χ4v) is 5.22. The van der Waals surface area contributed by atoms with Gasteiger partial charge in [0.2, 0.25) is 0 Å². The lowest BCUT2D eigenvalue weighted by molar-refractivity contribution is -0.00861. The third-order valence-corrected chi connectivity index (χ3v) is 7.34. The minimum absolute atomic E-state index is 0.0406. The summed E-state index contributed by atoms with van der Waals surface area (Å²) in [4.78, 5) is 20.4. The molecule has 2 N–H and O–H groups in total. The van der Waals surface area contributed by atoms with Crippen LogP contribution in [0.4, 0.5) is 5.69 Å². The van der Waals surface area contributed by atoms with E-state index in [0.717, 1.165) is 64.2 Å². The van der Waals surface area contributed by atoms with Crippen molar-refractivity contribution in [2.45, 2.75) is 43.2 Å². The summed E-state index contributed by atoms with van der Waals surface area (Å²) in [5.74, 6) is -0.0406. The largest absolute Gasteiger partial charge is 0.385 e. The van der Waals surface area contributed by atoms with Crippen molar-refractivity contribution in [1.29, 1.82) is 0 Å². The fraction of sp³-hybridized carbons (Fsp3) is 0.367. The number of aryl methyl sites for hydroxylation is 1. The molecule has 8 nitrogen and oxygen atoms in total. The van der Waals surface area contributed by atoms with Gasteiger partial charge in [0, 0.05) is 42.7 Å². The van der Waals surface area contributed by atoms with Gasteiger partial charge in [-0.25, -0.2) is 9.50 Å². The molecule has 2 aromatic carbocycles. The molecule has 3 heterocycles. The number of rotatable bonds is 7. The highest BCUT2D eigenvalue weighted by Gasteiger charge is 2.15. The van der Waals surface area contributed by atoms with Crippen molar-refractivity contribution < 1.29 is 9.53 Å². The molecule has 1 unspecified atom stereocenters. The van der Waals surface area contributed by atoms with E-state index in [0.29, 0.717) is 18.2 Å². The summed E-state index contributed by atoms with van der Waals surface area (Å²) in [5.41, 5.74) is 5.13. The van der Waals surface area contributed by atoms with E-state index in [-0.39, 0.29) is 5.91 Å². The Morgan fingerprint density at radius 2 is 1.97 bits per heavy atom. The lowest BCUT2D eigenvalue weighted by Gasteiger charge is -2.27. The molecule has 39 heavy (non-hydrogen) atoms. The van der Waals surface area contributed by atoms with Gasteiger partial charge in [-0.3, -0.25) is 4.79 Å². The number of hydrogen-bond acceptors (Lipinski definition) is 7. The Labute approximate surface area is 235 Å². The van der Waals surface area contributed by atoms with Crippen molar-refractivity contribution in [1.82, 2.24) is 24.8 Å². The van der Waals surface area contributed by atoms with E-state index in [4.69, 9.17) is 9.84 Å². The summed E-state index contributed by atoms with van der Waals surface area (Å²) in [6.45, 7) is 9.85. The number of hydrogen-bond donors (Lipinski definition) is 2. The van der Waals surface area contributed by atoms with Crippen molar-refractivity contribution in [3.63, 3.8) is 0 Å². The third-order valence-electron chi connectivity index (χ3n) is 6.43. The second-order valence-electron chi connectivity index (χ2n) is 9.67. The number of anilines is 1. The van der Waals surface area contributed by atoms with Crippen LogP contribution in [0.3, 0.4) is 0 Å². The lowest BCUT2D eigenvalue weighted by Crippen LogP contribution is -2.38. The number of aromatic nitrogens is 3. The molecule has 2 aromatic heterocycles. The maximum Gasteiger partial charge on any atom is 0.251 e. The zero-order valence-electron chi connectivity index (χ0n) is 23.4. The normalized spacial score (nSPS) is 15.5. The predicted molar refractivity (Wildman–Crippen MR) is 159 cm³/mol. The van der Waals surface area contributed by atoms with Crippen LogP contribution in [0.2, 0.25) is 0 Å². The topological polar surface area (TPSA) is 83.8 Å². The minimum Gasteiger partial charge on any atom is -0.385 e. The molecule has 0 aliphatic carbocycles. The Bertz CT molecular complexity index is 1380. The van der Waals surface area contributed by atoms with Crippen LogP contribution in [0, 0.1) is 6.92 Å². The maximum absolute atomic E-state index is 12.4. The van der Waals surface area contributed by atoms with Crippen LogP contribution in [0.25, 0.3) is 16.9 Å². The molecular formula is C30H38N6O2S. The van der Waals surface area contributed by atoms with Crippen molar-refractivity contribution >= 4 is 29.0 Å². The van der Waals surface area contributed by atoms with Crippen LogP contribution < -0.4 is 10.6 Å². The van der Waals surface area contributed by atoms with Gasteiger partial charge in [0.15, 0.2) is 5.65 Å². The Hall–Kier alpha value is -3.40. The summed E-state index contributed by atoms with van der Waals surface area (Å²) in [6.07, 6.45) is 3.17. The summed E-state index contributed by atoms with van der Waals surface area (Å²) in [7, 11) is 4.01. The van der Waals surface area contributed by atoms with Crippen molar-refractivity contribution in [3.8, 4) is 11.3 Å². The molecular weight excluding hydrogens is 508 g/mol. The van der Waals surface area contributed by atoms with E-state index in [1.54, 1.807) is 11.8 Å². The summed E-state index contributed by atoms with van der Waals surface area (Å²) in [5, 5.41) is 11.9. The van der Waals surface area contributed by atoms with Crippen LogP contribution in [-0.4, -0.2) is 71.8 Å². The molecule has 9 heteroatoms. The van der Waals surface area contributed by atoms with E-state index in [1.165, 1.54) is 0 Å². The van der Waals surface area contributed by atoms with E-state index in [2.05, 4.69) is 46.6 Å². The van der Waals surface area contributed by atoms with E-state index >= 15 is 0 Å². The highest BCUT2D eigenvalue weighted by molar-refractivity contribution is 7.99. The molecule has 1 aliphatic heterocycles. The standard InChI is InChI=1S/C24H25N5OS.C6H13NO/c1-4-12-26-24(30)19-11-10-17(13-16(19)2)21-15-27-23-20(25-3)14-22(28-29(21)23)31-18-8-6-5-7-9-18;1-6-5-7(2)3-4-8-6/h5-11,13-15,25H,4,12H2,1-3H3,(H,26,30);6H,3-5H2,1-2H3. The second-order valence-corrected chi connectivity index (χ2v) is 10.8. The molecule has 5 rings (SSSR count). The molecule has 0 saturated carbocycles. The SMILES string of the molecule is CC1CN(C)CCO1.CCCNC(=O)c1ccc(-c2cnc3c(NC)cc(Sc4ccccc4)nn23)cc1C. The minimum atomic E-state index is -0.0406. The number of nitrogens with zero attached hydrogens (tertiary/aromatic N) is 4. The number of imidazole rings is 1. The summed E-state index contributed by atoms with van der Waals surface area (Å²) in [6, 6.07) is 18.0. The monoisotopic (exact) mass is 546 g/mol. The number of fused-ring (bicyclic) bond motifs is 1. The lowest BCUT2D eigenvalue weighted by atomic mass is 10.0. The van der Waals surface area contributed by atoms with Crippen LogP contribution in [-0.2, 0) is 4.74 Å². The highest BCUT2D eigenvalue weighted by atomic mass is 32.2. The van der Waals surface area contributed by atoms with Crippen molar-refractivity contribution in [3.05, 3.63) is 71.9 Å². The van der Waals surface area contributed by atoms with Gasteiger partial charge in [-0.2, -0.15) is 5.10 Å². The van der Waals surface area contributed by atoms with Gasteiger partial charge >= 0.3 is 0 Å². The maximum atomic E-state index is 12.4. The molecule has 4 aromatic rings. The number of morpholine rings is 1. The zero-order valence-corrected chi connectivity index (χ0v) is 24.2. The molecule has 0 radical (unpaired) electrons. The van der Waals surface area contributed by atoms with Gasteiger partial charge in [0.1, 0.15) is 5.03 Å². The molecule has 1 amide bonds. The van der Waals surface area contributed by atoms with Crippen LogP contribution in [0.15, 0.2) is 70.7 Å². The van der Waals surface area contributed by atoms with Crippen molar-refractivity contribution in [2.75, 3.05) is 45.7 Å². The highest BCUT2D eigenvalue weighted by Crippen LogP contribution is 2.31. The number of carbonyl (C=O) groups is 1. The predicted octanol–water partition coefficient (Wildman–Crippen LogP) is 5.37. The Morgan fingerprint density at radius 1 is 1.18 bits per heavy atom. The van der Waals surface area contributed by atoms with Gasteiger partial charge in [0.05, 0.1) is 30.3 Å². The third kappa shape index (κ3) is 7.38. The first-order valence-corrected chi connectivity index (χ1v) is 14.2. The molecule has 0 spiro atoms.